The molecule has 1 N–H and O–H groups in total. The highest BCUT2D eigenvalue weighted by molar-refractivity contribution is 6.31. The Bertz CT molecular complexity index is 736. The van der Waals surface area contributed by atoms with E-state index >= 15 is 0 Å². The molecule has 0 bridgehead atoms. The highest BCUT2D eigenvalue weighted by atomic mass is 35.5. The molecule has 0 aliphatic carbocycles. The van der Waals surface area contributed by atoms with Crippen LogP contribution in [0.25, 0.3) is 22.6 Å². The van der Waals surface area contributed by atoms with Gasteiger partial charge in [0.1, 0.15) is 5.52 Å². The molecule has 0 unspecified atom stereocenters. The van der Waals surface area contributed by atoms with Crippen molar-refractivity contribution in [1.82, 2.24) is 10.3 Å². The van der Waals surface area contributed by atoms with E-state index in [0.29, 0.717) is 10.9 Å². The number of fused-ring (bicyclic) bond motifs is 1. The molecule has 20 heavy (non-hydrogen) atoms. The molecule has 4 heteroatoms. The number of hydrogen-bond donors (Lipinski definition) is 1. The number of benzene rings is 2. The van der Waals surface area contributed by atoms with Crippen LogP contribution in [0.4, 0.5) is 0 Å². The number of oxazole rings is 1. The van der Waals surface area contributed by atoms with Gasteiger partial charge >= 0.3 is 0 Å². The zero-order valence-corrected chi connectivity index (χ0v) is 11.9. The van der Waals surface area contributed by atoms with Crippen molar-refractivity contribution in [1.29, 1.82) is 0 Å². The van der Waals surface area contributed by atoms with Gasteiger partial charge in [0.15, 0.2) is 5.58 Å². The lowest BCUT2D eigenvalue weighted by Gasteiger charge is -2.05. The van der Waals surface area contributed by atoms with Gasteiger partial charge in [-0.05, 0) is 43.8 Å². The minimum atomic E-state index is 0.647. The number of hydrogen-bond acceptors (Lipinski definition) is 3. The summed E-state index contributed by atoms with van der Waals surface area (Å²) in [6, 6.07) is 13.7. The molecule has 3 nitrogen and oxygen atoms in total. The van der Waals surface area contributed by atoms with E-state index in [1.54, 1.807) is 6.07 Å². The summed E-state index contributed by atoms with van der Waals surface area (Å²) in [6.45, 7) is 0.920. The monoisotopic (exact) mass is 286 g/mol. The van der Waals surface area contributed by atoms with Crippen molar-refractivity contribution in [3.8, 4) is 11.5 Å². The van der Waals surface area contributed by atoms with Gasteiger partial charge in [-0.15, -0.1) is 0 Å². The molecule has 1 aromatic heterocycles. The Morgan fingerprint density at radius 2 is 2.05 bits per heavy atom. The van der Waals surface area contributed by atoms with Gasteiger partial charge in [-0.2, -0.15) is 0 Å². The topological polar surface area (TPSA) is 38.1 Å². The van der Waals surface area contributed by atoms with Crippen molar-refractivity contribution in [3.63, 3.8) is 0 Å². The first kappa shape index (κ1) is 13.2. The fraction of sp³-hybridized carbons (Fsp3) is 0.188. The molecule has 0 radical (unpaired) electrons. The number of nitrogens with one attached hydrogen (secondary N) is 1. The lowest BCUT2D eigenvalue weighted by Crippen LogP contribution is -2.10. The van der Waals surface area contributed by atoms with E-state index in [9.17, 15) is 0 Å². The number of aromatic nitrogens is 1. The van der Waals surface area contributed by atoms with Crippen LogP contribution in [0.2, 0.25) is 5.02 Å². The Labute approximate surface area is 122 Å². The molecule has 0 fully saturated rings. The van der Waals surface area contributed by atoms with Crippen LogP contribution in [0.3, 0.4) is 0 Å². The van der Waals surface area contributed by atoms with Crippen LogP contribution in [-0.2, 0) is 6.42 Å². The molecule has 3 rings (SSSR count). The maximum absolute atomic E-state index is 5.98. The normalized spacial score (nSPS) is 11.1. The summed E-state index contributed by atoms with van der Waals surface area (Å²) in [5.74, 6) is 0.647. The molecular formula is C16H15ClN2O. The van der Waals surface area contributed by atoms with Crippen molar-refractivity contribution in [3.05, 3.63) is 53.1 Å². The molecule has 1 heterocycles. The Morgan fingerprint density at radius 1 is 1.20 bits per heavy atom. The maximum Gasteiger partial charge on any atom is 0.227 e. The second-order valence-corrected chi connectivity index (χ2v) is 5.08. The van der Waals surface area contributed by atoms with Crippen molar-refractivity contribution in [2.24, 2.45) is 0 Å². The van der Waals surface area contributed by atoms with Crippen LogP contribution in [0.5, 0.6) is 0 Å². The summed E-state index contributed by atoms with van der Waals surface area (Å²) in [5, 5.41) is 3.82. The first-order valence-electron chi connectivity index (χ1n) is 6.57. The number of halogens is 1. The number of rotatable bonds is 4. The van der Waals surface area contributed by atoms with Crippen LogP contribution in [0, 0.1) is 0 Å². The Kier molecular flexibility index (Phi) is 3.72. The SMILES string of the molecule is CNCCc1ccccc1-c1nc2ccc(Cl)cc2o1. The van der Waals surface area contributed by atoms with E-state index in [4.69, 9.17) is 16.0 Å². The first-order chi connectivity index (χ1) is 9.78. The average Bonchev–Trinajstić information content (AvgIpc) is 2.88. The maximum atomic E-state index is 5.98. The highest BCUT2D eigenvalue weighted by Gasteiger charge is 2.11. The van der Waals surface area contributed by atoms with Crippen LogP contribution in [0.1, 0.15) is 5.56 Å². The molecule has 0 aliphatic rings. The summed E-state index contributed by atoms with van der Waals surface area (Å²) >= 11 is 5.98. The molecule has 0 amide bonds. The Balaban J connectivity index is 2.06. The minimum absolute atomic E-state index is 0.647. The fourth-order valence-electron chi connectivity index (χ4n) is 2.22. The van der Waals surface area contributed by atoms with E-state index in [1.807, 2.05) is 37.4 Å². The van der Waals surface area contributed by atoms with Crippen molar-refractivity contribution in [2.45, 2.75) is 6.42 Å². The summed E-state index contributed by atoms with van der Waals surface area (Å²) in [7, 11) is 1.95. The molecule has 0 saturated heterocycles. The number of nitrogens with zero attached hydrogens (tertiary/aromatic N) is 1. The van der Waals surface area contributed by atoms with Gasteiger partial charge in [0, 0.05) is 16.7 Å². The molecule has 102 valence electrons. The summed E-state index contributed by atoms with van der Waals surface area (Å²) in [6.07, 6.45) is 0.937. The third-order valence-electron chi connectivity index (χ3n) is 3.24. The molecule has 0 spiro atoms. The van der Waals surface area contributed by atoms with Gasteiger partial charge in [-0.25, -0.2) is 4.98 Å². The predicted octanol–water partition coefficient (Wildman–Crippen LogP) is 3.91. The second-order valence-electron chi connectivity index (χ2n) is 4.64. The van der Waals surface area contributed by atoms with Gasteiger partial charge < -0.3 is 9.73 Å². The van der Waals surface area contributed by atoms with Gasteiger partial charge in [-0.1, -0.05) is 29.8 Å². The highest BCUT2D eigenvalue weighted by Crippen LogP contribution is 2.28. The standard InChI is InChI=1S/C16H15ClN2O/c1-18-9-8-11-4-2-3-5-13(11)16-19-14-7-6-12(17)10-15(14)20-16/h2-7,10,18H,8-9H2,1H3. The molecule has 3 aromatic rings. The average molecular weight is 287 g/mol. The first-order valence-corrected chi connectivity index (χ1v) is 6.94. The molecule has 2 aromatic carbocycles. The quantitative estimate of drug-likeness (QED) is 0.790. The van der Waals surface area contributed by atoms with E-state index in [1.165, 1.54) is 5.56 Å². The predicted molar refractivity (Wildman–Crippen MR) is 82.1 cm³/mol. The molecular weight excluding hydrogens is 272 g/mol. The van der Waals surface area contributed by atoms with Crippen LogP contribution in [-0.4, -0.2) is 18.6 Å². The van der Waals surface area contributed by atoms with Gasteiger partial charge in [-0.3, -0.25) is 0 Å². The van der Waals surface area contributed by atoms with Gasteiger partial charge in [0.05, 0.1) is 0 Å². The van der Waals surface area contributed by atoms with Crippen LogP contribution >= 0.6 is 11.6 Å². The molecule has 0 saturated carbocycles. The lowest BCUT2D eigenvalue weighted by molar-refractivity contribution is 0.618. The van der Waals surface area contributed by atoms with Crippen molar-refractivity contribution >= 4 is 22.7 Å². The lowest BCUT2D eigenvalue weighted by atomic mass is 10.0. The smallest absolute Gasteiger partial charge is 0.227 e. The largest absolute Gasteiger partial charge is 0.436 e. The summed E-state index contributed by atoms with van der Waals surface area (Å²) in [5.41, 5.74) is 3.80. The van der Waals surface area contributed by atoms with Crippen LogP contribution in [0.15, 0.2) is 46.9 Å². The summed E-state index contributed by atoms with van der Waals surface area (Å²) in [4.78, 5) is 4.55. The zero-order chi connectivity index (χ0) is 13.9. The van der Waals surface area contributed by atoms with E-state index in [-0.39, 0.29) is 0 Å². The minimum Gasteiger partial charge on any atom is -0.436 e. The van der Waals surface area contributed by atoms with Crippen molar-refractivity contribution in [2.75, 3.05) is 13.6 Å². The second kappa shape index (κ2) is 5.65. The third kappa shape index (κ3) is 2.55. The summed E-state index contributed by atoms with van der Waals surface area (Å²) < 4.78 is 5.84. The van der Waals surface area contributed by atoms with E-state index in [0.717, 1.165) is 29.6 Å². The Morgan fingerprint density at radius 3 is 2.90 bits per heavy atom. The van der Waals surface area contributed by atoms with E-state index in [2.05, 4.69) is 16.4 Å². The van der Waals surface area contributed by atoms with E-state index < -0.39 is 0 Å². The zero-order valence-electron chi connectivity index (χ0n) is 11.2. The Hall–Kier alpha value is -1.84. The number of likely N-dealkylation sites (N-methyl/N-ethyl adjacent to an activating group) is 1. The molecule has 0 atom stereocenters. The van der Waals surface area contributed by atoms with Gasteiger partial charge in [0.25, 0.3) is 0 Å². The third-order valence-corrected chi connectivity index (χ3v) is 3.48. The van der Waals surface area contributed by atoms with Crippen LogP contribution < -0.4 is 5.32 Å². The molecule has 0 aliphatic heterocycles. The van der Waals surface area contributed by atoms with Crippen molar-refractivity contribution < 1.29 is 4.42 Å². The fourth-order valence-corrected chi connectivity index (χ4v) is 2.38. The van der Waals surface area contributed by atoms with Gasteiger partial charge in [0.2, 0.25) is 5.89 Å².